The van der Waals surface area contributed by atoms with Crippen LogP contribution in [0.25, 0.3) is 43.8 Å². The molecule has 3 aromatic heterocycles. The van der Waals surface area contributed by atoms with Crippen molar-refractivity contribution < 1.29 is 18.0 Å². The number of amides is 1. The van der Waals surface area contributed by atoms with Gasteiger partial charge in [-0.15, -0.1) is 0 Å². The van der Waals surface area contributed by atoms with Gasteiger partial charge in [-0.1, -0.05) is 6.92 Å². The molecule has 38 heavy (non-hydrogen) atoms. The molecule has 0 aliphatic rings. The zero-order chi connectivity index (χ0) is 26.7. The first kappa shape index (κ1) is 23.9. The van der Waals surface area contributed by atoms with E-state index in [2.05, 4.69) is 10.3 Å². The van der Waals surface area contributed by atoms with E-state index in [1.807, 2.05) is 45.0 Å². The molecule has 5 nitrogen and oxygen atoms in total. The fourth-order valence-electron chi connectivity index (χ4n) is 5.38. The molecule has 3 N–H and O–H groups in total. The topological polar surface area (TPSA) is 81.2 Å². The van der Waals surface area contributed by atoms with Gasteiger partial charge in [-0.25, -0.2) is 13.8 Å². The zero-order valence-electron chi connectivity index (χ0n) is 21.2. The predicted octanol–water partition coefficient (Wildman–Crippen LogP) is 7.21. The molecule has 0 spiro atoms. The number of nitrogen functional groups attached to an aromatic ring is 1. The fourth-order valence-corrected chi connectivity index (χ4v) is 5.38. The molecule has 0 aliphatic carbocycles. The van der Waals surface area contributed by atoms with E-state index in [4.69, 9.17) is 10.2 Å². The molecule has 1 amide bonds. The number of hydrogen-bond donors (Lipinski definition) is 2. The van der Waals surface area contributed by atoms with E-state index in [-0.39, 0.29) is 5.91 Å². The first-order chi connectivity index (χ1) is 18.2. The quantitative estimate of drug-likeness (QED) is 0.241. The molecule has 0 unspecified atom stereocenters. The lowest BCUT2D eigenvalue weighted by molar-refractivity contribution is 0.0951. The highest BCUT2D eigenvalue weighted by molar-refractivity contribution is 6.26. The Labute approximate surface area is 217 Å². The second-order valence-corrected chi connectivity index (χ2v) is 9.66. The normalized spacial score (nSPS) is 11.7. The van der Waals surface area contributed by atoms with Gasteiger partial charge in [0.25, 0.3) is 5.91 Å². The largest absolute Gasteiger partial charge is 0.455 e. The second-order valence-electron chi connectivity index (χ2n) is 9.66. The number of anilines is 1. The van der Waals surface area contributed by atoms with E-state index in [0.717, 1.165) is 55.6 Å². The molecule has 2 bridgehead atoms. The summed E-state index contributed by atoms with van der Waals surface area (Å²) in [6.07, 6.45) is 0.677. The summed E-state index contributed by atoms with van der Waals surface area (Å²) in [5, 5.41) is 6.49. The van der Waals surface area contributed by atoms with E-state index in [1.54, 1.807) is 12.1 Å². The van der Waals surface area contributed by atoms with Gasteiger partial charge in [0, 0.05) is 51.0 Å². The van der Waals surface area contributed by atoms with Crippen molar-refractivity contribution in [2.45, 2.75) is 33.7 Å². The molecule has 3 aromatic carbocycles. The smallest absolute Gasteiger partial charge is 0.251 e. The lowest BCUT2D eigenvalue weighted by Gasteiger charge is -2.12. The van der Waals surface area contributed by atoms with Crippen LogP contribution >= 0.6 is 0 Å². The molecule has 0 atom stereocenters. The van der Waals surface area contributed by atoms with Crippen LogP contribution in [-0.4, -0.2) is 10.9 Å². The second kappa shape index (κ2) is 8.80. The Morgan fingerprint density at radius 3 is 2.39 bits per heavy atom. The number of benzene rings is 4. The molecule has 0 aliphatic heterocycles. The summed E-state index contributed by atoms with van der Waals surface area (Å²) in [6, 6.07) is 14.9. The van der Waals surface area contributed by atoms with E-state index in [0.29, 0.717) is 41.1 Å². The van der Waals surface area contributed by atoms with Crippen LogP contribution in [-0.2, 0) is 13.0 Å². The number of aromatic nitrogens is 1. The van der Waals surface area contributed by atoms with Crippen LogP contribution in [0, 0.1) is 25.5 Å². The van der Waals surface area contributed by atoms with Gasteiger partial charge >= 0.3 is 0 Å². The van der Waals surface area contributed by atoms with Crippen molar-refractivity contribution in [1.82, 2.24) is 10.3 Å². The Kier molecular flexibility index (Phi) is 5.52. The lowest BCUT2D eigenvalue weighted by Crippen LogP contribution is -2.24. The minimum Gasteiger partial charge on any atom is -0.455 e. The van der Waals surface area contributed by atoms with Crippen molar-refractivity contribution in [2.24, 2.45) is 0 Å². The van der Waals surface area contributed by atoms with Gasteiger partial charge < -0.3 is 15.5 Å². The van der Waals surface area contributed by atoms with Gasteiger partial charge in [-0.05, 0) is 91.1 Å². The summed E-state index contributed by atoms with van der Waals surface area (Å²) >= 11 is 0. The summed E-state index contributed by atoms with van der Waals surface area (Å²) in [4.78, 5) is 17.4. The molecule has 0 fully saturated rings. The molecular weight excluding hydrogens is 484 g/mol. The third-order valence-corrected chi connectivity index (χ3v) is 7.31. The first-order valence-corrected chi connectivity index (χ1v) is 12.5. The number of furan rings is 2. The van der Waals surface area contributed by atoms with Crippen LogP contribution in [0.2, 0.25) is 0 Å². The van der Waals surface area contributed by atoms with Crippen molar-refractivity contribution in [2.75, 3.05) is 5.73 Å². The minimum absolute atomic E-state index is 0.215. The number of carbonyl (C=O) groups excluding carboxylic acids is 1. The summed E-state index contributed by atoms with van der Waals surface area (Å²) in [5.74, 6) is -0.986. The van der Waals surface area contributed by atoms with Crippen molar-refractivity contribution in [1.29, 1.82) is 0 Å². The van der Waals surface area contributed by atoms with E-state index in [9.17, 15) is 13.6 Å². The number of nitrogens with one attached hydrogen (secondary N) is 1. The fraction of sp³-hybridized carbons (Fsp3) is 0.161. The Balaban J connectivity index is 1.40. The number of halogens is 2. The van der Waals surface area contributed by atoms with Gasteiger partial charge in [-0.3, -0.25) is 4.79 Å². The maximum Gasteiger partial charge on any atom is 0.251 e. The van der Waals surface area contributed by atoms with Crippen LogP contribution in [0.4, 0.5) is 14.6 Å². The van der Waals surface area contributed by atoms with Crippen LogP contribution in [0.3, 0.4) is 0 Å². The van der Waals surface area contributed by atoms with Crippen LogP contribution < -0.4 is 11.1 Å². The van der Waals surface area contributed by atoms with Crippen LogP contribution in [0.1, 0.15) is 39.7 Å². The Morgan fingerprint density at radius 2 is 1.66 bits per heavy atom. The van der Waals surface area contributed by atoms with E-state index < -0.39 is 11.6 Å². The standard InChI is InChI=1S/C31H25F2N3O2/c1-4-17-10-24-25(13-22(17)20-8-6-19(32)12-27(20)33)30-23-11-18(5-7-21(23)29(24)38-30)31(37)35-14-26-15(2)9-28(34)36-16(26)3/h5-13H,4,14H2,1-3H3,(H2,34,36)(H,35,37). The van der Waals surface area contributed by atoms with Crippen molar-refractivity contribution in [3.05, 3.63) is 94.2 Å². The number of fused-ring (bicyclic) bond motifs is 8. The summed E-state index contributed by atoms with van der Waals surface area (Å²) < 4.78 is 34.4. The molecule has 0 saturated heterocycles. The number of pyridine rings is 1. The van der Waals surface area contributed by atoms with Crippen LogP contribution in [0.15, 0.2) is 59.0 Å². The highest BCUT2D eigenvalue weighted by atomic mass is 19.1. The average Bonchev–Trinajstić information content (AvgIpc) is 3.44. The SMILES string of the molecule is CCc1cc2c(cc1-c1ccc(F)cc1F)c1oc2c2ccc(C(=O)NCc3c(C)cc(N)nc3C)cc21. The number of rotatable bonds is 5. The van der Waals surface area contributed by atoms with Gasteiger partial charge in [0.1, 0.15) is 28.6 Å². The Bertz CT molecular complexity index is 1870. The zero-order valence-corrected chi connectivity index (χ0v) is 21.2. The number of nitrogens with zero attached hydrogens (tertiary/aromatic N) is 1. The van der Waals surface area contributed by atoms with Crippen molar-refractivity contribution >= 4 is 44.4 Å². The predicted molar refractivity (Wildman–Crippen MR) is 146 cm³/mol. The third-order valence-electron chi connectivity index (χ3n) is 7.31. The van der Waals surface area contributed by atoms with Gasteiger partial charge in [0.05, 0.1) is 0 Å². The summed E-state index contributed by atoms with van der Waals surface area (Å²) in [7, 11) is 0. The molecule has 0 saturated carbocycles. The molecular formula is C31H25F2N3O2. The highest BCUT2D eigenvalue weighted by Crippen LogP contribution is 2.44. The molecule has 190 valence electrons. The Morgan fingerprint density at radius 1 is 0.921 bits per heavy atom. The van der Waals surface area contributed by atoms with E-state index in [1.165, 1.54) is 12.1 Å². The van der Waals surface area contributed by atoms with Gasteiger partial charge in [0.15, 0.2) is 0 Å². The highest BCUT2D eigenvalue weighted by Gasteiger charge is 2.22. The molecule has 6 rings (SSSR count). The minimum atomic E-state index is -0.615. The maximum atomic E-state index is 14.7. The number of hydrogen-bond acceptors (Lipinski definition) is 4. The maximum absolute atomic E-state index is 14.7. The number of aryl methyl sites for hydroxylation is 3. The Hall–Kier alpha value is -4.52. The van der Waals surface area contributed by atoms with Crippen molar-refractivity contribution in [3.8, 4) is 11.1 Å². The van der Waals surface area contributed by atoms with Gasteiger partial charge in [0.2, 0.25) is 0 Å². The van der Waals surface area contributed by atoms with Crippen molar-refractivity contribution in [3.63, 3.8) is 0 Å². The number of nitrogens with two attached hydrogens (primary N) is 1. The van der Waals surface area contributed by atoms with E-state index >= 15 is 0 Å². The summed E-state index contributed by atoms with van der Waals surface area (Å²) in [6.45, 7) is 6.15. The monoisotopic (exact) mass is 509 g/mol. The molecule has 0 radical (unpaired) electrons. The van der Waals surface area contributed by atoms with Crippen LogP contribution in [0.5, 0.6) is 0 Å². The molecule has 7 heteroatoms. The number of carbonyl (C=O) groups is 1. The third kappa shape index (κ3) is 3.74. The van der Waals surface area contributed by atoms with Gasteiger partial charge in [-0.2, -0.15) is 0 Å². The first-order valence-electron chi connectivity index (χ1n) is 12.5. The lowest BCUT2D eigenvalue weighted by atomic mass is 9.92. The molecule has 3 heterocycles. The average molecular weight is 510 g/mol. The summed E-state index contributed by atoms with van der Waals surface area (Å²) in [5.41, 5.74) is 12.4. The molecule has 6 aromatic rings.